The minimum absolute atomic E-state index is 0.702. The van der Waals surface area contributed by atoms with Crippen LogP contribution in [-0.4, -0.2) is 30.6 Å². The first-order valence-electron chi connectivity index (χ1n) is 29.4. The van der Waals surface area contributed by atoms with E-state index in [0.717, 1.165) is 45.2 Å². The SMILES string of the molecule is CCCCC(CC)Cc1cc2sc(-c3ccc(-c4cc5c(s4)-c4sc(-c6ncc(-c7cc8sc(CC(CC)CCCC)cc8s7)c7nsnc67)cc4[Si]5(CC(CC)CCCC)CC(CC)CCCC)c4nsnc34)cc2s1. The second-order valence-corrected chi connectivity index (χ2v) is 34.2. The van der Waals surface area contributed by atoms with Gasteiger partial charge in [0.25, 0.3) is 0 Å². The highest BCUT2D eigenvalue weighted by Gasteiger charge is 2.50. The zero-order chi connectivity index (χ0) is 53.2. The molecule has 10 aromatic rings. The van der Waals surface area contributed by atoms with Gasteiger partial charge in [-0.05, 0) is 95.4 Å². The van der Waals surface area contributed by atoms with Crippen LogP contribution in [0.25, 0.3) is 92.5 Å². The lowest BCUT2D eigenvalue weighted by Gasteiger charge is -2.35. The molecule has 14 heteroatoms. The van der Waals surface area contributed by atoms with Gasteiger partial charge in [0.1, 0.15) is 35.8 Å². The quantitative estimate of drug-likeness (QED) is 0.0457. The van der Waals surface area contributed by atoms with Crippen LogP contribution in [-0.2, 0) is 12.8 Å². The molecule has 11 rings (SSSR count). The van der Waals surface area contributed by atoms with Crippen LogP contribution in [0.1, 0.15) is 168 Å². The third-order valence-corrected chi connectivity index (χ3v) is 31.4. The largest absolute Gasteiger partial charge is 0.252 e. The third-order valence-electron chi connectivity index (χ3n) is 17.4. The lowest BCUT2D eigenvalue weighted by atomic mass is 9.95. The number of pyridine rings is 1. The van der Waals surface area contributed by atoms with Crippen LogP contribution < -0.4 is 10.4 Å². The van der Waals surface area contributed by atoms with Gasteiger partial charge in [0.05, 0.1) is 28.3 Å². The number of nitrogens with zero attached hydrogens (tertiary/aromatic N) is 5. The summed E-state index contributed by atoms with van der Waals surface area (Å²) in [4.78, 5) is 16.7. The Morgan fingerprint density at radius 1 is 0.416 bits per heavy atom. The summed E-state index contributed by atoms with van der Waals surface area (Å²) >= 11 is 14.5. The molecule has 1 aromatic carbocycles. The van der Waals surface area contributed by atoms with Crippen molar-refractivity contribution in [2.45, 2.75) is 183 Å². The smallest absolute Gasteiger partial charge is 0.132 e. The normalized spacial score (nSPS) is 16.2. The molecule has 0 saturated heterocycles. The van der Waals surface area contributed by atoms with Crippen molar-refractivity contribution in [3.05, 3.63) is 64.5 Å². The number of unbranched alkanes of at least 4 members (excludes halogenated alkanes) is 4. The van der Waals surface area contributed by atoms with E-state index in [-0.39, 0.29) is 0 Å². The van der Waals surface area contributed by atoms with Gasteiger partial charge in [0.15, 0.2) is 0 Å². The molecule has 9 aromatic heterocycles. The number of benzene rings is 1. The lowest BCUT2D eigenvalue weighted by molar-refractivity contribution is 0.452. The summed E-state index contributed by atoms with van der Waals surface area (Å²) < 4.78 is 25.9. The first-order chi connectivity index (χ1) is 37.7. The maximum Gasteiger partial charge on any atom is 0.132 e. The van der Waals surface area contributed by atoms with Crippen LogP contribution in [0, 0.1) is 23.7 Å². The fourth-order valence-electron chi connectivity index (χ4n) is 12.7. The van der Waals surface area contributed by atoms with Crippen LogP contribution in [0.3, 0.4) is 0 Å². The van der Waals surface area contributed by atoms with Gasteiger partial charge >= 0.3 is 0 Å². The maximum atomic E-state index is 5.41. The van der Waals surface area contributed by atoms with E-state index < -0.39 is 8.07 Å². The molecule has 406 valence electrons. The molecule has 5 nitrogen and oxygen atoms in total. The molecule has 0 spiro atoms. The van der Waals surface area contributed by atoms with Gasteiger partial charge in [0.2, 0.25) is 0 Å². The van der Waals surface area contributed by atoms with Crippen molar-refractivity contribution in [2.24, 2.45) is 23.7 Å². The summed E-state index contributed by atoms with van der Waals surface area (Å²) in [7, 11) is -2.34. The van der Waals surface area contributed by atoms with E-state index in [1.165, 1.54) is 220 Å². The van der Waals surface area contributed by atoms with Crippen molar-refractivity contribution >= 4 is 151 Å². The highest BCUT2D eigenvalue weighted by atomic mass is 32.1. The second kappa shape index (κ2) is 25.0. The molecule has 0 fully saturated rings. The Morgan fingerprint density at radius 2 is 0.818 bits per heavy atom. The zero-order valence-electron chi connectivity index (χ0n) is 46.6. The number of hydrogen-bond donors (Lipinski definition) is 0. The maximum absolute atomic E-state index is 5.41. The molecule has 4 unspecified atom stereocenters. The number of rotatable bonds is 28. The van der Waals surface area contributed by atoms with Crippen molar-refractivity contribution in [1.29, 1.82) is 0 Å². The Bertz CT molecular complexity index is 3280. The molecule has 0 aliphatic carbocycles. The number of hydrogen-bond acceptors (Lipinski definition) is 13. The predicted molar refractivity (Wildman–Crippen MR) is 351 cm³/mol. The molecule has 0 bridgehead atoms. The number of fused-ring (bicyclic) bond motifs is 7. The van der Waals surface area contributed by atoms with Crippen LogP contribution in [0.5, 0.6) is 0 Å². The van der Waals surface area contributed by atoms with Crippen LogP contribution >= 0.6 is 91.5 Å². The molecule has 77 heavy (non-hydrogen) atoms. The topological polar surface area (TPSA) is 64.5 Å². The van der Waals surface area contributed by atoms with Crippen molar-refractivity contribution in [3.8, 4) is 51.6 Å². The standard InChI is InChI=1S/C63H77N5S8Si/c1-9-17-21-38(13-5)27-42-29-50-52(69-42)31-47(71-50)44-25-26-45(58-57(44)65-75-66-58)49-33-55-62(73-49)63-56(77(55,36-40(15-7)23-19-11-3)37-41(16-8)24-20-12-4)34-54(74-63)60-61-59(67-76-68-61)46(35-64-60)48-32-53-51(72-48)30-43(70-53)28-39(14-6)22-18-10-2/h25-26,29-35,38-41H,9-24,27-28,36-37H2,1-8H3. The minimum Gasteiger partial charge on any atom is -0.252 e. The van der Waals surface area contributed by atoms with Crippen LogP contribution in [0.2, 0.25) is 12.1 Å². The van der Waals surface area contributed by atoms with Crippen LogP contribution in [0.15, 0.2) is 54.7 Å². The fourth-order valence-corrected chi connectivity index (χ4v) is 29.4. The Kier molecular flexibility index (Phi) is 18.1. The molecular formula is C63H77N5S8Si. The van der Waals surface area contributed by atoms with Gasteiger partial charge in [-0.25, -0.2) is 0 Å². The molecule has 10 heterocycles. The molecule has 0 amide bonds. The monoisotopic (exact) mass is 1190 g/mol. The van der Waals surface area contributed by atoms with E-state index in [4.69, 9.17) is 22.5 Å². The van der Waals surface area contributed by atoms with Gasteiger partial charge in [-0.2, -0.15) is 17.5 Å². The van der Waals surface area contributed by atoms with Crippen molar-refractivity contribution in [1.82, 2.24) is 22.5 Å². The van der Waals surface area contributed by atoms with Gasteiger partial charge in [-0.1, -0.05) is 170 Å². The average molecular weight is 1190 g/mol. The van der Waals surface area contributed by atoms with E-state index in [2.05, 4.69) is 110 Å². The van der Waals surface area contributed by atoms with E-state index in [9.17, 15) is 0 Å². The first kappa shape index (κ1) is 55.8. The Morgan fingerprint density at radius 3 is 1.29 bits per heavy atom. The summed E-state index contributed by atoms with van der Waals surface area (Å²) in [5.41, 5.74) is 8.61. The molecule has 0 radical (unpaired) electrons. The molecule has 1 aliphatic heterocycles. The van der Waals surface area contributed by atoms with Gasteiger partial charge in [-0.15, -0.1) is 68.0 Å². The molecule has 0 saturated carbocycles. The van der Waals surface area contributed by atoms with Gasteiger partial charge < -0.3 is 0 Å². The highest BCUT2D eigenvalue weighted by Crippen LogP contribution is 2.51. The van der Waals surface area contributed by atoms with E-state index in [1.54, 1.807) is 10.4 Å². The van der Waals surface area contributed by atoms with Crippen molar-refractivity contribution in [3.63, 3.8) is 0 Å². The summed E-state index contributed by atoms with van der Waals surface area (Å²) in [5, 5.41) is 3.37. The van der Waals surface area contributed by atoms with Crippen molar-refractivity contribution < 1.29 is 0 Å². The Labute approximate surface area is 491 Å². The van der Waals surface area contributed by atoms with Crippen LogP contribution in [0.4, 0.5) is 0 Å². The Hall–Kier alpha value is -3.05. The van der Waals surface area contributed by atoms with E-state index in [1.807, 2.05) is 68.0 Å². The molecule has 4 atom stereocenters. The second-order valence-electron chi connectivity index (χ2n) is 22.5. The minimum atomic E-state index is -2.34. The van der Waals surface area contributed by atoms with Gasteiger partial charge in [0, 0.05) is 75.8 Å². The zero-order valence-corrected chi connectivity index (χ0v) is 54.2. The lowest BCUT2D eigenvalue weighted by Crippen LogP contribution is -2.56. The summed E-state index contributed by atoms with van der Waals surface area (Å²) in [6, 6.07) is 22.5. The first-order valence-corrected chi connectivity index (χ1v) is 38.2. The summed E-state index contributed by atoms with van der Waals surface area (Å²) in [6.07, 6.45) is 25.1. The van der Waals surface area contributed by atoms with Gasteiger partial charge in [-0.3, -0.25) is 4.98 Å². The Balaban J connectivity index is 0.979. The summed E-state index contributed by atoms with van der Waals surface area (Å²) in [6.45, 7) is 19.0. The third kappa shape index (κ3) is 11.2. The van der Waals surface area contributed by atoms with Crippen molar-refractivity contribution in [2.75, 3.05) is 0 Å². The fraction of sp³-hybridized carbons (Fsp3) is 0.508. The molecular weight excluding hydrogens is 1110 g/mol. The predicted octanol–water partition coefficient (Wildman–Crippen LogP) is 21.9. The van der Waals surface area contributed by atoms with E-state index >= 15 is 0 Å². The average Bonchev–Trinajstić information content (AvgIpc) is 4.37. The number of thiophene rings is 6. The molecule has 0 N–H and O–H groups in total. The summed E-state index contributed by atoms with van der Waals surface area (Å²) in [5.74, 6) is 2.96. The number of aromatic nitrogens is 5. The highest BCUT2D eigenvalue weighted by molar-refractivity contribution is 7.32. The molecule has 1 aliphatic rings. The van der Waals surface area contributed by atoms with E-state index in [0.29, 0.717) is 11.8 Å².